The Labute approximate surface area is 177 Å². The number of carbonyl (C=O) groups excluding carboxylic acids is 1. The van der Waals surface area contributed by atoms with Gasteiger partial charge < -0.3 is 15.5 Å². The van der Waals surface area contributed by atoms with E-state index in [1.54, 1.807) is 26.2 Å². The molecule has 0 atom stereocenters. The molecule has 0 fully saturated rings. The van der Waals surface area contributed by atoms with Crippen molar-refractivity contribution < 1.29 is 9.18 Å². The van der Waals surface area contributed by atoms with E-state index in [9.17, 15) is 9.18 Å². The van der Waals surface area contributed by atoms with Crippen molar-refractivity contribution in [2.45, 2.75) is 13.0 Å². The van der Waals surface area contributed by atoms with Crippen LogP contribution in [0.5, 0.6) is 0 Å². The van der Waals surface area contributed by atoms with Gasteiger partial charge in [-0.3, -0.25) is 4.79 Å². The number of aliphatic imine (C=N–C) groups is 1. The number of carbonyl (C=O) groups is 1. The van der Waals surface area contributed by atoms with E-state index in [-0.39, 0.29) is 42.2 Å². The average Bonchev–Trinajstić information content (AvgIpc) is 2.65. The van der Waals surface area contributed by atoms with Gasteiger partial charge in [-0.15, -0.1) is 24.0 Å². The lowest BCUT2D eigenvalue weighted by molar-refractivity contribution is -0.127. The lowest BCUT2D eigenvalue weighted by Gasteiger charge is -2.15. The number of likely N-dealkylation sites (N-methyl/N-ethyl adjacent to an activating group) is 1. The quantitative estimate of drug-likeness (QED) is 0.361. The van der Waals surface area contributed by atoms with Gasteiger partial charge in [0.15, 0.2) is 5.96 Å². The topological polar surface area (TPSA) is 56.7 Å². The minimum atomic E-state index is -0.240. The summed E-state index contributed by atoms with van der Waals surface area (Å²) < 4.78 is 13.0. The van der Waals surface area contributed by atoms with Crippen molar-refractivity contribution in [1.82, 2.24) is 15.5 Å². The molecule has 0 unspecified atom stereocenters. The van der Waals surface area contributed by atoms with Crippen LogP contribution in [0, 0.1) is 5.82 Å². The van der Waals surface area contributed by atoms with Crippen LogP contribution in [0.25, 0.3) is 0 Å². The lowest BCUT2D eigenvalue weighted by atomic mass is 10.1. The lowest BCUT2D eigenvalue weighted by Crippen LogP contribution is -2.43. The number of nitrogens with zero attached hydrogens (tertiary/aromatic N) is 2. The number of hydrogen-bond acceptors (Lipinski definition) is 2. The highest BCUT2D eigenvalue weighted by molar-refractivity contribution is 14.0. The maximum absolute atomic E-state index is 13.0. The Morgan fingerprint density at radius 2 is 1.67 bits per heavy atom. The number of amides is 1. The molecule has 0 aliphatic rings. The van der Waals surface area contributed by atoms with Gasteiger partial charge in [0.2, 0.25) is 5.91 Å². The minimum absolute atomic E-state index is 0. The highest BCUT2D eigenvalue weighted by atomic mass is 127. The molecule has 7 heteroatoms. The molecule has 27 heavy (non-hydrogen) atoms. The van der Waals surface area contributed by atoms with E-state index < -0.39 is 0 Å². The molecule has 0 spiro atoms. The van der Waals surface area contributed by atoms with E-state index in [4.69, 9.17) is 0 Å². The van der Waals surface area contributed by atoms with Gasteiger partial charge >= 0.3 is 0 Å². The predicted molar refractivity (Wildman–Crippen MR) is 118 cm³/mol. The fourth-order valence-electron chi connectivity index (χ4n) is 2.22. The minimum Gasteiger partial charge on any atom is -0.356 e. The van der Waals surface area contributed by atoms with E-state index in [0.29, 0.717) is 19.0 Å². The highest BCUT2D eigenvalue weighted by Crippen LogP contribution is 2.03. The number of hydrogen-bond donors (Lipinski definition) is 2. The van der Waals surface area contributed by atoms with E-state index in [2.05, 4.69) is 15.6 Å². The number of rotatable bonds is 7. The van der Waals surface area contributed by atoms with Gasteiger partial charge in [0.05, 0.1) is 13.1 Å². The van der Waals surface area contributed by atoms with Gasteiger partial charge in [-0.05, 0) is 29.7 Å². The Morgan fingerprint density at radius 1 is 1.00 bits per heavy atom. The van der Waals surface area contributed by atoms with Gasteiger partial charge in [0.25, 0.3) is 0 Å². The normalized spacial score (nSPS) is 10.7. The fourth-order valence-corrected chi connectivity index (χ4v) is 2.22. The van der Waals surface area contributed by atoms with Crippen LogP contribution in [0.15, 0.2) is 59.6 Å². The molecular formula is C20H26FIN4O. The summed E-state index contributed by atoms with van der Waals surface area (Å²) in [4.78, 5) is 17.9. The molecule has 1 amide bonds. The monoisotopic (exact) mass is 484 g/mol. The van der Waals surface area contributed by atoms with Gasteiger partial charge in [-0.1, -0.05) is 42.5 Å². The molecule has 0 saturated carbocycles. The van der Waals surface area contributed by atoms with Crippen molar-refractivity contribution in [3.8, 4) is 0 Å². The maximum atomic E-state index is 13.0. The Balaban J connectivity index is 0.00000364. The van der Waals surface area contributed by atoms with Crippen LogP contribution >= 0.6 is 24.0 Å². The third-order valence-corrected chi connectivity index (χ3v) is 3.79. The molecule has 0 aliphatic carbocycles. The Morgan fingerprint density at radius 3 is 2.30 bits per heavy atom. The molecule has 146 valence electrons. The molecule has 0 aliphatic heterocycles. The van der Waals surface area contributed by atoms with Crippen LogP contribution in [-0.4, -0.2) is 44.0 Å². The van der Waals surface area contributed by atoms with Gasteiger partial charge in [-0.2, -0.15) is 0 Å². The number of benzene rings is 2. The van der Waals surface area contributed by atoms with E-state index in [0.717, 1.165) is 17.5 Å². The standard InChI is InChI=1S/C20H25FN4O.HI/c1-25(2)19(26)15-24-20(23-14-17-6-4-3-5-7-17)22-13-12-16-8-10-18(21)11-9-16;/h3-11H,12-15H2,1-2H3,(H2,22,23,24);1H. The first-order valence-electron chi connectivity index (χ1n) is 8.55. The van der Waals surface area contributed by atoms with Crippen molar-refractivity contribution in [2.24, 2.45) is 4.99 Å². The van der Waals surface area contributed by atoms with Crippen molar-refractivity contribution in [3.05, 3.63) is 71.5 Å². The van der Waals surface area contributed by atoms with Crippen LogP contribution in [0.2, 0.25) is 0 Å². The summed E-state index contributed by atoms with van der Waals surface area (Å²) in [5, 5.41) is 6.28. The third kappa shape index (κ3) is 8.85. The summed E-state index contributed by atoms with van der Waals surface area (Å²) in [6.07, 6.45) is 0.730. The third-order valence-electron chi connectivity index (χ3n) is 3.79. The first kappa shape index (κ1) is 22.9. The largest absolute Gasteiger partial charge is 0.356 e. The number of nitrogens with one attached hydrogen (secondary N) is 2. The van der Waals surface area contributed by atoms with Gasteiger partial charge in [-0.25, -0.2) is 9.38 Å². The SMILES string of the molecule is CN(C)C(=O)CNC(=NCc1ccccc1)NCCc1ccc(F)cc1.I. The van der Waals surface area contributed by atoms with Gasteiger partial charge in [0.1, 0.15) is 5.82 Å². The zero-order valence-electron chi connectivity index (χ0n) is 15.6. The highest BCUT2D eigenvalue weighted by Gasteiger charge is 2.06. The number of guanidine groups is 1. The van der Waals surface area contributed by atoms with Crippen molar-refractivity contribution >= 4 is 35.8 Å². The smallest absolute Gasteiger partial charge is 0.241 e. The number of halogens is 2. The second-order valence-corrected chi connectivity index (χ2v) is 6.10. The molecule has 2 aromatic rings. The zero-order chi connectivity index (χ0) is 18.8. The van der Waals surface area contributed by atoms with Crippen molar-refractivity contribution in [2.75, 3.05) is 27.2 Å². The molecule has 5 nitrogen and oxygen atoms in total. The van der Waals surface area contributed by atoms with Crippen LogP contribution in [-0.2, 0) is 17.8 Å². The summed E-state index contributed by atoms with van der Waals surface area (Å²) in [5.74, 6) is 0.305. The van der Waals surface area contributed by atoms with Crippen LogP contribution < -0.4 is 10.6 Å². The maximum Gasteiger partial charge on any atom is 0.241 e. The molecular weight excluding hydrogens is 458 g/mol. The Bertz CT molecular complexity index is 721. The van der Waals surface area contributed by atoms with Crippen molar-refractivity contribution in [3.63, 3.8) is 0 Å². The molecule has 2 aromatic carbocycles. The zero-order valence-corrected chi connectivity index (χ0v) is 17.9. The molecule has 2 rings (SSSR count). The summed E-state index contributed by atoms with van der Waals surface area (Å²) in [5.41, 5.74) is 2.12. The second kappa shape index (κ2) is 12.3. The molecule has 0 heterocycles. The van der Waals surface area contributed by atoms with Gasteiger partial charge in [0, 0.05) is 20.6 Å². The second-order valence-electron chi connectivity index (χ2n) is 6.10. The Hall–Kier alpha value is -2.16. The fraction of sp³-hybridized carbons (Fsp3) is 0.300. The first-order valence-corrected chi connectivity index (χ1v) is 8.55. The van der Waals surface area contributed by atoms with Crippen LogP contribution in [0.4, 0.5) is 4.39 Å². The van der Waals surface area contributed by atoms with Crippen LogP contribution in [0.3, 0.4) is 0 Å². The summed E-state index contributed by atoms with van der Waals surface area (Å²) in [6, 6.07) is 16.3. The predicted octanol–water partition coefficient (Wildman–Crippen LogP) is 2.81. The molecule has 2 N–H and O–H groups in total. The van der Waals surface area contributed by atoms with Crippen LogP contribution in [0.1, 0.15) is 11.1 Å². The average molecular weight is 484 g/mol. The summed E-state index contributed by atoms with van der Waals surface area (Å²) in [6.45, 7) is 1.31. The molecule has 0 saturated heterocycles. The Kier molecular flexibility index (Phi) is 10.4. The summed E-state index contributed by atoms with van der Waals surface area (Å²) >= 11 is 0. The summed E-state index contributed by atoms with van der Waals surface area (Å²) in [7, 11) is 3.43. The van der Waals surface area contributed by atoms with Crippen molar-refractivity contribution in [1.29, 1.82) is 0 Å². The molecule has 0 aromatic heterocycles. The molecule has 0 bridgehead atoms. The van der Waals surface area contributed by atoms with E-state index in [1.165, 1.54) is 17.0 Å². The van der Waals surface area contributed by atoms with E-state index >= 15 is 0 Å². The van der Waals surface area contributed by atoms with E-state index in [1.807, 2.05) is 30.3 Å². The molecule has 0 radical (unpaired) electrons. The first-order chi connectivity index (χ1) is 12.5.